The Kier molecular flexibility index (Phi) is 3.34. The summed E-state index contributed by atoms with van der Waals surface area (Å²) >= 11 is 6.04. The molecule has 2 aliphatic carbocycles. The summed E-state index contributed by atoms with van der Waals surface area (Å²) in [6, 6.07) is 0.313. The third-order valence-corrected chi connectivity index (χ3v) is 5.39. The minimum Gasteiger partial charge on any atom is -0.338 e. The van der Waals surface area contributed by atoms with Crippen molar-refractivity contribution in [3.63, 3.8) is 0 Å². The van der Waals surface area contributed by atoms with Crippen LogP contribution in [0.1, 0.15) is 44.9 Å². The number of fused-ring (bicyclic) bond motifs is 1. The molecule has 0 N–H and O–H groups in total. The molecule has 96 valence electrons. The van der Waals surface area contributed by atoms with E-state index < -0.39 is 0 Å². The lowest BCUT2D eigenvalue weighted by Gasteiger charge is -2.29. The molecule has 2 nitrogen and oxygen atoms in total. The predicted octanol–water partition coefficient (Wildman–Crippen LogP) is 3.04. The predicted molar refractivity (Wildman–Crippen MR) is 69.0 cm³/mol. The van der Waals surface area contributed by atoms with Gasteiger partial charge >= 0.3 is 0 Å². The fourth-order valence-electron chi connectivity index (χ4n) is 4.01. The van der Waals surface area contributed by atoms with Crippen LogP contribution in [0.25, 0.3) is 0 Å². The molecule has 17 heavy (non-hydrogen) atoms. The summed E-state index contributed by atoms with van der Waals surface area (Å²) in [6.45, 7) is 0.951. The van der Waals surface area contributed by atoms with Crippen LogP contribution >= 0.6 is 11.6 Å². The first-order chi connectivity index (χ1) is 8.33. The summed E-state index contributed by atoms with van der Waals surface area (Å²) in [5.41, 5.74) is 0. The average Bonchev–Trinajstić information content (AvgIpc) is 2.94. The van der Waals surface area contributed by atoms with Gasteiger partial charge in [-0.3, -0.25) is 4.79 Å². The van der Waals surface area contributed by atoms with Crippen molar-refractivity contribution in [1.82, 2.24) is 4.90 Å². The monoisotopic (exact) mass is 255 g/mol. The van der Waals surface area contributed by atoms with E-state index in [1.54, 1.807) is 0 Å². The van der Waals surface area contributed by atoms with Crippen LogP contribution in [0.2, 0.25) is 0 Å². The van der Waals surface area contributed by atoms with E-state index in [2.05, 4.69) is 4.90 Å². The number of amides is 1. The molecule has 1 aliphatic heterocycles. The van der Waals surface area contributed by atoms with Gasteiger partial charge in [-0.1, -0.05) is 19.3 Å². The first-order valence-electron chi connectivity index (χ1n) is 7.19. The van der Waals surface area contributed by atoms with E-state index in [0.717, 1.165) is 24.8 Å². The summed E-state index contributed by atoms with van der Waals surface area (Å²) in [7, 11) is 0. The second kappa shape index (κ2) is 4.79. The Balaban J connectivity index is 1.66. The van der Waals surface area contributed by atoms with Gasteiger partial charge in [0.15, 0.2) is 0 Å². The van der Waals surface area contributed by atoms with Gasteiger partial charge in [-0.2, -0.15) is 0 Å². The zero-order valence-corrected chi connectivity index (χ0v) is 11.2. The van der Waals surface area contributed by atoms with Crippen molar-refractivity contribution in [3.8, 4) is 0 Å². The first-order valence-corrected chi connectivity index (χ1v) is 7.73. The molecule has 2 saturated carbocycles. The van der Waals surface area contributed by atoms with E-state index in [4.69, 9.17) is 11.6 Å². The molecule has 0 radical (unpaired) electrons. The van der Waals surface area contributed by atoms with Crippen molar-refractivity contribution >= 4 is 17.5 Å². The van der Waals surface area contributed by atoms with Gasteiger partial charge in [-0.25, -0.2) is 0 Å². The molecule has 3 rings (SSSR count). The van der Waals surface area contributed by atoms with Crippen LogP contribution in [0.5, 0.6) is 0 Å². The zero-order chi connectivity index (χ0) is 11.8. The second-order valence-electron chi connectivity index (χ2n) is 5.97. The molecule has 3 fully saturated rings. The maximum atomic E-state index is 12.6. The maximum Gasteiger partial charge on any atom is 0.226 e. The Morgan fingerprint density at radius 2 is 1.82 bits per heavy atom. The summed E-state index contributed by atoms with van der Waals surface area (Å²) < 4.78 is 0. The highest BCUT2D eigenvalue weighted by Crippen LogP contribution is 2.58. The number of halogens is 1. The number of hydrogen-bond donors (Lipinski definition) is 0. The lowest BCUT2D eigenvalue weighted by molar-refractivity contribution is -0.135. The molecule has 3 aliphatic rings. The van der Waals surface area contributed by atoms with Gasteiger partial charge < -0.3 is 4.90 Å². The van der Waals surface area contributed by atoms with Crippen LogP contribution in [-0.4, -0.2) is 29.3 Å². The maximum absolute atomic E-state index is 12.6. The highest BCUT2D eigenvalue weighted by molar-refractivity contribution is 6.18. The number of nitrogens with zero attached hydrogens (tertiary/aromatic N) is 1. The van der Waals surface area contributed by atoms with Crippen molar-refractivity contribution in [1.29, 1.82) is 0 Å². The van der Waals surface area contributed by atoms with Crippen molar-refractivity contribution in [3.05, 3.63) is 0 Å². The third kappa shape index (κ3) is 2.09. The zero-order valence-electron chi connectivity index (χ0n) is 10.4. The van der Waals surface area contributed by atoms with E-state index >= 15 is 0 Å². The van der Waals surface area contributed by atoms with Gasteiger partial charge in [0.25, 0.3) is 0 Å². The quantitative estimate of drug-likeness (QED) is 0.695. The Bertz CT molecular complexity index is 297. The summed E-state index contributed by atoms with van der Waals surface area (Å²) in [6.07, 6.45) is 8.70. The lowest BCUT2D eigenvalue weighted by atomic mass is 10.1. The van der Waals surface area contributed by atoms with Gasteiger partial charge in [0.05, 0.1) is 0 Å². The Labute approximate surface area is 109 Å². The second-order valence-corrected chi connectivity index (χ2v) is 6.28. The molecule has 0 bridgehead atoms. The van der Waals surface area contributed by atoms with E-state index in [9.17, 15) is 4.79 Å². The van der Waals surface area contributed by atoms with Crippen molar-refractivity contribution < 1.29 is 4.79 Å². The van der Waals surface area contributed by atoms with Crippen molar-refractivity contribution in [2.75, 3.05) is 12.4 Å². The highest BCUT2D eigenvalue weighted by Gasteiger charge is 2.57. The van der Waals surface area contributed by atoms with Crippen LogP contribution in [0, 0.1) is 17.8 Å². The fraction of sp³-hybridized carbons (Fsp3) is 0.929. The van der Waals surface area contributed by atoms with E-state index in [1.165, 1.54) is 38.5 Å². The third-order valence-electron chi connectivity index (χ3n) is 5.03. The molecule has 0 aromatic heterocycles. The Morgan fingerprint density at radius 3 is 2.53 bits per heavy atom. The lowest BCUT2D eigenvalue weighted by Crippen LogP contribution is -2.42. The summed E-state index contributed by atoms with van der Waals surface area (Å²) in [4.78, 5) is 14.7. The van der Waals surface area contributed by atoms with E-state index in [-0.39, 0.29) is 0 Å². The molecule has 3 heteroatoms. The van der Waals surface area contributed by atoms with E-state index in [0.29, 0.717) is 23.7 Å². The van der Waals surface area contributed by atoms with E-state index in [1.807, 2.05) is 0 Å². The van der Waals surface area contributed by atoms with Crippen LogP contribution in [0.3, 0.4) is 0 Å². The molecule has 3 unspecified atom stereocenters. The SMILES string of the molecule is O=C(C1C2CCCC21)N1CCCCCC1CCl. The number of rotatable bonds is 2. The van der Waals surface area contributed by atoms with Gasteiger partial charge in [0.1, 0.15) is 0 Å². The number of likely N-dealkylation sites (tertiary alicyclic amines) is 1. The molecule has 1 heterocycles. The van der Waals surface area contributed by atoms with Crippen LogP contribution in [-0.2, 0) is 4.79 Å². The number of alkyl halides is 1. The van der Waals surface area contributed by atoms with Gasteiger partial charge in [0, 0.05) is 24.4 Å². The molecular weight excluding hydrogens is 234 g/mol. The van der Waals surface area contributed by atoms with Crippen LogP contribution in [0.15, 0.2) is 0 Å². The van der Waals surface area contributed by atoms with Gasteiger partial charge in [-0.15, -0.1) is 11.6 Å². The van der Waals surface area contributed by atoms with Crippen LogP contribution in [0.4, 0.5) is 0 Å². The average molecular weight is 256 g/mol. The molecule has 0 aromatic rings. The summed E-state index contributed by atoms with van der Waals surface area (Å²) in [5.74, 6) is 2.91. The van der Waals surface area contributed by atoms with Gasteiger partial charge in [-0.05, 0) is 37.5 Å². The fourth-order valence-corrected chi connectivity index (χ4v) is 4.33. The minimum absolute atomic E-state index is 0.313. The molecule has 3 atom stereocenters. The number of carbonyl (C=O) groups is 1. The summed E-state index contributed by atoms with van der Waals surface area (Å²) in [5, 5.41) is 0. The van der Waals surface area contributed by atoms with Crippen LogP contribution < -0.4 is 0 Å². The molecule has 0 aromatic carbocycles. The molecule has 1 saturated heterocycles. The molecule has 0 spiro atoms. The topological polar surface area (TPSA) is 20.3 Å². The highest BCUT2D eigenvalue weighted by atomic mass is 35.5. The number of carbonyl (C=O) groups excluding carboxylic acids is 1. The largest absolute Gasteiger partial charge is 0.338 e. The Morgan fingerprint density at radius 1 is 1.06 bits per heavy atom. The Hall–Kier alpha value is -0.240. The number of hydrogen-bond acceptors (Lipinski definition) is 1. The smallest absolute Gasteiger partial charge is 0.226 e. The van der Waals surface area contributed by atoms with Crippen molar-refractivity contribution in [2.24, 2.45) is 17.8 Å². The van der Waals surface area contributed by atoms with Gasteiger partial charge in [0.2, 0.25) is 5.91 Å². The minimum atomic E-state index is 0.313. The normalized spacial score (nSPS) is 40.9. The standard InChI is InChI=1S/C14H22ClNO/c15-9-10-5-2-1-3-8-16(10)14(17)13-11-6-4-7-12(11)13/h10-13H,1-9H2. The first kappa shape index (κ1) is 11.8. The van der Waals surface area contributed by atoms with Crippen molar-refractivity contribution in [2.45, 2.75) is 51.0 Å². The molecular formula is C14H22ClNO. The molecule has 1 amide bonds.